The molecule has 1 unspecified atom stereocenters. The summed E-state index contributed by atoms with van der Waals surface area (Å²) in [7, 11) is 0. The molecule has 0 spiro atoms. The van der Waals surface area contributed by atoms with Gasteiger partial charge in [0.15, 0.2) is 0 Å². The average Bonchev–Trinajstić information content (AvgIpc) is 2.21. The molecule has 0 radical (unpaired) electrons. The number of rotatable bonds is 4. The topological polar surface area (TPSA) is 12.0 Å². The van der Waals surface area contributed by atoms with Gasteiger partial charge < -0.3 is 5.32 Å². The first-order chi connectivity index (χ1) is 7.54. The zero-order valence-electron chi connectivity index (χ0n) is 10.5. The molecular weight excluding hydrogens is 262 g/mol. The van der Waals surface area contributed by atoms with Gasteiger partial charge in [-0.15, -0.1) is 0 Å². The summed E-state index contributed by atoms with van der Waals surface area (Å²) in [5.74, 6) is 0. The Hall–Kier alpha value is -0.600. The van der Waals surface area contributed by atoms with Crippen molar-refractivity contribution in [2.75, 3.05) is 6.54 Å². The summed E-state index contributed by atoms with van der Waals surface area (Å²) in [6.07, 6.45) is 2.27. The van der Waals surface area contributed by atoms with Gasteiger partial charge in [-0.25, -0.2) is 0 Å². The zero-order chi connectivity index (χ0) is 12.1. The second kappa shape index (κ2) is 6.21. The molecule has 0 amide bonds. The fourth-order valence-electron chi connectivity index (χ4n) is 1.69. The Bertz CT molecular complexity index is 378. The Kier molecular flexibility index (Phi) is 5.23. The Morgan fingerprint density at radius 2 is 2.12 bits per heavy atom. The molecule has 0 aliphatic rings. The number of halogens is 1. The first kappa shape index (κ1) is 13.5. The van der Waals surface area contributed by atoms with Crippen molar-refractivity contribution in [2.45, 2.75) is 33.7 Å². The molecule has 88 valence electrons. The molecule has 0 fully saturated rings. The van der Waals surface area contributed by atoms with Crippen molar-refractivity contribution in [1.29, 1.82) is 0 Å². The van der Waals surface area contributed by atoms with Crippen LogP contribution in [0.25, 0.3) is 0 Å². The SMILES string of the molecule is CCNC(C=C(C)C)c1ccc(Br)c(C)c1. The molecular formula is C14H20BrN. The van der Waals surface area contributed by atoms with E-state index < -0.39 is 0 Å². The van der Waals surface area contributed by atoms with Crippen LogP contribution in [0, 0.1) is 6.92 Å². The van der Waals surface area contributed by atoms with Gasteiger partial charge in [-0.05, 0) is 44.5 Å². The van der Waals surface area contributed by atoms with Gasteiger partial charge >= 0.3 is 0 Å². The normalized spacial score (nSPS) is 12.3. The van der Waals surface area contributed by atoms with Crippen LogP contribution in [0.3, 0.4) is 0 Å². The highest BCUT2D eigenvalue weighted by Gasteiger charge is 2.07. The van der Waals surface area contributed by atoms with Gasteiger partial charge in [0.2, 0.25) is 0 Å². The van der Waals surface area contributed by atoms with E-state index >= 15 is 0 Å². The predicted octanol–water partition coefficient (Wildman–Crippen LogP) is 4.37. The first-order valence-electron chi connectivity index (χ1n) is 5.69. The number of nitrogens with one attached hydrogen (secondary N) is 1. The third kappa shape index (κ3) is 3.76. The number of allylic oxidation sites excluding steroid dienone is 1. The summed E-state index contributed by atoms with van der Waals surface area (Å²) in [6.45, 7) is 9.51. The third-order valence-corrected chi connectivity index (χ3v) is 3.35. The molecule has 2 heteroatoms. The standard InChI is InChI=1S/C14H20BrN/c1-5-16-14(8-10(2)3)12-6-7-13(15)11(4)9-12/h6-9,14,16H,5H2,1-4H3. The smallest absolute Gasteiger partial charge is 0.0508 e. The lowest BCUT2D eigenvalue weighted by molar-refractivity contribution is 0.644. The van der Waals surface area contributed by atoms with E-state index in [0.717, 1.165) is 6.54 Å². The summed E-state index contributed by atoms with van der Waals surface area (Å²) in [4.78, 5) is 0. The molecule has 0 heterocycles. The Morgan fingerprint density at radius 1 is 1.44 bits per heavy atom. The molecule has 0 bridgehead atoms. The van der Waals surface area contributed by atoms with E-state index in [9.17, 15) is 0 Å². The molecule has 1 aromatic rings. The van der Waals surface area contributed by atoms with Crippen LogP contribution < -0.4 is 5.32 Å². The zero-order valence-corrected chi connectivity index (χ0v) is 12.1. The van der Waals surface area contributed by atoms with Crippen LogP contribution in [0.2, 0.25) is 0 Å². The number of hydrogen-bond donors (Lipinski definition) is 1. The minimum atomic E-state index is 0.321. The highest BCUT2D eigenvalue weighted by molar-refractivity contribution is 9.10. The fraction of sp³-hybridized carbons (Fsp3) is 0.429. The predicted molar refractivity (Wildman–Crippen MR) is 74.7 cm³/mol. The Labute approximate surface area is 107 Å². The van der Waals surface area contributed by atoms with Crippen LogP contribution in [0.1, 0.15) is 37.9 Å². The van der Waals surface area contributed by atoms with Crippen molar-refractivity contribution >= 4 is 15.9 Å². The maximum Gasteiger partial charge on any atom is 0.0508 e. The van der Waals surface area contributed by atoms with E-state index in [1.165, 1.54) is 21.2 Å². The summed E-state index contributed by atoms with van der Waals surface area (Å²) in [5, 5.41) is 3.49. The van der Waals surface area contributed by atoms with Gasteiger partial charge in [-0.2, -0.15) is 0 Å². The first-order valence-corrected chi connectivity index (χ1v) is 6.48. The minimum absolute atomic E-state index is 0.321. The van der Waals surface area contributed by atoms with Crippen LogP contribution in [0.4, 0.5) is 0 Å². The van der Waals surface area contributed by atoms with Crippen LogP contribution in [-0.2, 0) is 0 Å². The van der Waals surface area contributed by atoms with E-state index in [0.29, 0.717) is 6.04 Å². The molecule has 0 saturated carbocycles. The van der Waals surface area contributed by atoms with E-state index in [4.69, 9.17) is 0 Å². The average molecular weight is 282 g/mol. The summed E-state index contributed by atoms with van der Waals surface area (Å²) >= 11 is 3.53. The number of aryl methyl sites for hydroxylation is 1. The van der Waals surface area contributed by atoms with Crippen LogP contribution in [0.5, 0.6) is 0 Å². The van der Waals surface area contributed by atoms with E-state index in [1.807, 2.05) is 0 Å². The lowest BCUT2D eigenvalue weighted by atomic mass is 10.0. The van der Waals surface area contributed by atoms with Crippen molar-refractivity contribution in [2.24, 2.45) is 0 Å². The molecule has 1 atom stereocenters. The van der Waals surface area contributed by atoms with E-state index in [2.05, 4.69) is 73.2 Å². The molecule has 0 saturated heterocycles. The van der Waals surface area contributed by atoms with Gasteiger partial charge in [0.05, 0.1) is 6.04 Å². The molecule has 1 N–H and O–H groups in total. The van der Waals surface area contributed by atoms with Gasteiger partial charge in [0.25, 0.3) is 0 Å². The quantitative estimate of drug-likeness (QED) is 0.808. The third-order valence-electron chi connectivity index (χ3n) is 2.47. The summed E-state index contributed by atoms with van der Waals surface area (Å²) in [6, 6.07) is 6.84. The monoisotopic (exact) mass is 281 g/mol. The van der Waals surface area contributed by atoms with Crippen molar-refractivity contribution in [1.82, 2.24) is 5.32 Å². The molecule has 1 aromatic carbocycles. The highest BCUT2D eigenvalue weighted by atomic mass is 79.9. The van der Waals surface area contributed by atoms with Crippen molar-refractivity contribution in [3.05, 3.63) is 45.4 Å². The lowest BCUT2D eigenvalue weighted by Gasteiger charge is -2.16. The Balaban J connectivity index is 3.01. The second-order valence-corrected chi connectivity index (χ2v) is 5.14. The van der Waals surface area contributed by atoms with E-state index in [-0.39, 0.29) is 0 Å². The maximum absolute atomic E-state index is 3.53. The van der Waals surface area contributed by atoms with Crippen LogP contribution in [-0.4, -0.2) is 6.54 Å². The molecule has 0 aliphatic heterocycles. The molecule has 16 heavy (non-hydrogen) atoms. The minimum Gasteiger partial charge on any atom is -0.307 e. The maximum atomic E-state index is 3.53. The van der Waals surface area contributed by atoms with Crippen molar-refractivity contribution in [3.8, 4) is 0 Å². The fourth-order valence-corrected chi connectivity index (χ4v) is 1.93. The molecule has 0 aromatic heterocycles. The van der Waals surface area contributed by atoms with Crippen LogP contribution in [0.15, 0.2) is 34.3 Å². The highest BCUT2D eigenvalue weighted by Crippen LogP contribution is 2.22. The number of benzene rings is 1. The number of likely N-dealkylation sites (N-methyl/N-ethyl adjacent to an activating group) is 1. The number of hydrogen-bond acceptors (Lipinski definition) is 1. The van der Waals surface area contributed by atoms with Gasteiger partial charge in [0, 0.05) is 4.47 Å². The van der Waals surface area contributed by atoms with Gasteiger partial charge in [-0.3, -0.25) is 0 Å². The molecule has 1 nitrogen and oxygen atoms in total. The Morgan fingerprint density at radius 3 is 2.62 bits per heavy atom. The summed E-state index contributed by atoms with van der Waals surface area (Å²) in [5.41, 5.74) is 3.94. The lowest BCUT2D eigenvalue weighted by Crippen LogP contribution is -2.19. The van der Waals surface area contributed by atoms with Gasteiger partial charge in [-0.1, -0.05) is 46.6 Å². The van der Waals surface area contributed by atoms with Crippen LogP contribution >= 0.6 is 15.9 Å². The second-order valence-electron chi connectivity index (χ2n) is 4.29. The molecule has 0 aliphatic carbocycles. The summed E-state index contributed by atoms with van der Waals surface area (Å²) < 4.78 is 1.17. The van der Waals surface area contributed by atoms with Crippen molar-refractivity contribution < 1.29 is 0 Å². The van der Waals surface area contributed by atoms with Gasteiger partial charge in [0.1, 0.15) is 0 Å². The van der Waals surface area contributed by atoms with Crippen molar-refractivity contribution in [3.63, 3.8) is 0 Å². The van der Waals surface area contributed by atoms with E-state index in [1.54, 1.807) is 0 Å². The largest absolute Gasteiger partial charge is 0.307 e. The molecule has 1 rings (SSSR count).